The lowest BCUT2D eigenvalue weighted by Gasteiger charge is -2.40. The van der Waals surface area contributed by atoms with Crippen molar-refractivity contribution in [1.29, 1.82) is 0 Å². The van der Waals surface area contributed by atoms with E-state index in [1.165, 1.54) is 12.5 Å². The maximum absolute atomic E-state index is 12.1. The second-order valence-electron chi connectivity index (χ2n) is 5.52. The number of carbonyl (C=O) groups excluding carboxylic acids is 2. The lowest BCUT2D eigenvalue weighted by atomic mass is 9.77. The molecule has 1 aliphatic carbocycles. The Balaban J connectivity index is 1.82. The standard InChI is InChI=1S/C17H22N2O3/c1-3-15(20)19-14-7-5-13(6-8-14)16(21)18-12-11-17(22-2)9-4-10-17/h3,5-8H,1,4,9-12H2,2H3,(H,18,21)(H,19,20). The molecule has 5 heteroatoms. The molecule has 0 atom stereocenters. The average molecular weight is 302 g/mol. The predicted octanol–water partition coefficient (Wildman–Crippen LogP) is 2.50. The predicted molar refractivity (Wildman–Crippen MR) is 85.8 cm³/mol. The van der Waals surface area contributed by atoms with Crippen LogP contribution in [0.4, 0.5) is 5.69 Å². The highest BCUT2D eigenvalue weighted by Crippen LogP contribution is 2.37. The third-order valence-corrected chi connectivity index (χ3v) is 4.16. The van der Waals surface area contributed by atoms with Crippen molar-refractivity contribution in [3.8, 4) is 0 Å². The molecule has 1 aromatic rings. The summed E-state index contributed by atoms with van der Waals surface area (Å²) in [7, 11) is 1.73. The molecule has 1 saturated carbocycles. The van der Waals surface area contributed by atoms with E-state index >= 15 is 0 Å². The number of hydrogen-bond acceptors (Lipinski definition) is 3. The Bertz CT molecular complexity index is 542. The van der Waals surface area contributed by atoms with Crippen molar-refractivity contribution in [2.24, 2.45) is 0 Å². The van der Waals surface area contributed by atoms with E-state index in [1.807, 2.05) is 0 Å². The summed E-state index contributed by atoms with van der Waals surface area (Å²) < 4.78 is 5.53. The fourth-order valence-electron chi connectivity index (χ4n) is 2.53. The van der Waals surface area contributed by atoms with Crippen LogP contribution in [-0.2, 0) is 9.53 Å². The van der Waals surface area contributed by atoms with E-state index in [-0.39, 0.29) is 17.4 Å². The second-order valence-corrected chi connectivity index (χ2v) is 5.52. The second kappa shape index (κ2) is 7.22. The number of anilines is 1. The maximum Gasteiger partial charge on any atom is 0.251 e. The Labute approximate surface area is 130 Å². The van der Waals surface area contributed by atoms with Gasteiger partial charge in [-0.1, -0.05) is 6.58 Å². The molecule has 118 valence electrons. The van der Waals surface area contributed by atoms with Gasteiger partial charge in [0.25, 0.3) is 5.91 Å². The van der Waals surface area contributed by atoms with E-state index in [0.29, 0.717) is 17.8 Å². The third kappa shape index (κ3) is 3.95. The highest BCUT2D eigenvalue weighted by atomic mass is 16.5. The highest BCUT2D eigenvalue weighted by Gasteiger charge is 2.36. The number of nitrogens with one attached hydrogen (secondary N) is 2. The zero-order chi connectivity index (χ0) is 16.0. The molecule has 2 amide bonds. The zero-order valence-corrected chi connectivity index (χ0v) is 12.9. The Morgan fingerprint density at radius 2 is 2.00 bits per heavy atom. The first kappa shape index (κ1) is 16.2. The Morgan fingerprint density at radius 3 is 2.50 bits per heavy atom. The van der Waals surface area contributed by atoms with Crippen LogP contribution < -0.4 is 10.6 Å². The number of carbonyl (C=O) groups is 2. The van der Waals surface area contributed by atoms with Crippen molar-refractivity contribution in [1.82, 2.24) is 5.32 Å². The monoisotopic (exact) mass is 302 g/mol. The summed E-state index contributed by atoms with van der Waals surface area (Å²) in [5, 5.41) is 5.54. The van der Waals surface area contributed by atoms with Crippen molar-refractivity contribution in [2.75, 3.05) is 19.0 Å². The highest BCUT2D eigenvalue weighted by molar-refractivity contribution is 5.99. The largest absolute Gasteiger partial charge is 0.378 e. The molecular formula is C17H22N2O3. The molecule has 22 heavy (non-hydrogen) atoms. The molecule has 0 heterocycles. The molecular weight excluding hydrogens is 280 g/mol. The van der Waals surface area contributed by atoms with Gasteiger partial charge in [0.2, 0.25) is 5.91 Å². The summed E-state index contributed by atoms with van der Waals surface area (Å²) in [6.45, 7) is 3.99. The fourth-order valence-corrected chi connectivity index (χ4v) is 2.53. The SMILES string of the molecule is C=CC(=O)Nc1ccc(C(=O)NCCC2(OC)CCC2)cc1. The molecule has 2 N–H and O–H groups in total. The minimum absolute atomic E-state index is 0.0356. The van der Waals surface area contributed by atoms with Crippen LogP contribution in [-0.4, -0.2) is 31.1 Å². The summed E-state index contributed by atoms with van der Waals surface area (Å²) >= 11 is 0. The molecule has 0 aromatic heterocycles. The minimum Gasteiger partial charge on any atom is -0.378 e. The Kier molecular flexibility index (Phi) is 5.33. The van der Waals surface area contributed by atoms with Crippen molar-refractivity contribution >= 4 is 17.5 Å². The molecule has 2 rings (SSSR count). The molecule has 1 aromatic carbocycles. The van der Waals surface area contributed by atoms with Crippen LogP contribution in [0.3, 0.4) is 0 Å². The van der Waals surface area contributed by atoms with Crippen molar-refractivity contribution in [3.63, 3.8) is 0 Å². The summed E-state index contributed by atoms with van der Waals surface area (Å²) in [5.41, 5.74) is 1.16. The summed E-state index contributed by atoms with van der Waals surface area (Å²) in [5.74, 6) is -0.394. The lowest BCUT2D eigenvalue weighted by Crippen LogP contribution is -2.42. The van der Waals surface area contributed by atoms with Crippen LogP contribution in [0.2, 0.25) is 0 Å². The van der Waals surface area contributed by atoms with Crippen LogP contribution in [0.1, 0.15) is 36.0 Å². The van der Waals surface area contributed by atoms with Gasteiger partial charge in [-0.15, -0.1) is 0 Å². The van der Waals surface area contributed by atoms with Gasteiger partial charge in [-0.25, -0.2) is 0 Å². The van der Waals surface area contributed by atoms with Crippen LogP contribution in [0.15, 0.2) is 36.9 Å². The number of amides is 2. The normalized spacial score (nSPS) is 15.5. The van der Waals surface area contributed by atoms with Gasteiger partial charge in [0, 0.05) is 24.9 Å². The lowest BCUT2D eigenvalue weighted by molar-refractivity contribution is -0.111. The first-order chi connectivity index (χ1) is 10.6. The Hall–Kier alpha value is -2.14. The van der Waals surface area contributed by atoms with Crippen molar-refractivity contribution < 1.29 is 14.3 Å². The van der Waals surface area contributed by atoms with Gasteiger partial charge in [0.1, 0.15) is 0 Å². The molecule has 0 bridgehead atoms. The smallest absolute Gasteiger partial charge is 0.251 e. The first-order valence-electron chi connectivity index (χ1n) is 7.45. The quantitative estimate of drug-likeness (QED) is 0.760. The van der Waals surface area contributed by atoms with Crippen molar-refractivity contribution in [2.45, 2.75) is 31.3 Å². The van der Waals surface area contributed by atoms with Gasteiger partial charge in [0.05, 0.1) is 5.60 Å². The van der Waals surface area contributed by atoms with Gasteiger partial charge in [-0.3, -0.25) is 9.59 Å². The molecule has 0 unspecified atom stereocenters. The third-order valence-electron chi connectivity index (χ3n) is 4.16. The van der Waals surface area contributed by atoms with Gasteiger partial charge < -0.3 is 15.4 Å². The van der Waals surface area contributed by atoms with E-state index in [2.05, 4.69) is 17.2 Å². The van der Waals surface area contributed by atoms with E-state index in [0.717, 1.165) is 19.3 Å². The zero-order valence-electron chi connectivity index (χ0n) is 12.9. The van der Waals surface area contributed by atoms with E-state index in [9.17, 15) is 9.59 Å². The van der Waals surface area contributed by atoms with E-state index in [1.54, 1.807) is 31.4 Å². The molecule has 1 aliphatic rings. The number of rotatable bonds is 7. The summed E-state index contributed by atoms with van der Waals surface area (Å²) in [6, 6.07) is 6.75. The van der Waals surface area contributed by atoms with Gasteiger partial charge in [-0.2, -0.15) is 0 Å². The molecule has 5 nitrogen and oxygen atoms in total. The van der Waals surface area contributed by atoms with E-state index in [4.69, 9.17) is 4.74 Å². The van der Waals surface area contributed by atoms with Crippen LogP contribution in [0.25, 0.3) is 0 Å². The molecule has 0 radical (unpaired) electrons. The number of hydrogen-bond donors (Lipinski definition) is 2. The maximum atomic E-state index is 12.1. The molecule has 1 fully saturated rings. The van der Waals surface area contributed by atoms with Crippen LogP contribution in [0.5, 0.6) is 0 Å². The van der Waals surface area contributed by atoms with Gasteiger partial charge in [0.15, 0.2) is 0 Å². The topological polar surface area (TPSA) is 67.4 Å². The molecule has 0 aliphatic heterocycles. The van der Waals surface area contributed by atoms with Crippen LogP contribution >= 0.6 is 0 Å². The average Bonchev–Trinajstić information content (AvgIpc) is 2.50. The van der Waals surface area contributed by atoms with E-state index < -0.39 is 0 Å². The number of methoxy groups -OCH3 is 1. The summed E-state index contributed by atoms with van der Waals surface area (Å²) in [4.78, 5) is 23.2. The van der Waals surface area contributed by atoms with Gasteiger partial charge in [-0.05, 0) is 56.0 Å². The van der Waals surface area contributed by atoms with Gasteiger partial charge >= 0.3 is 0 Å². The number of ether oxygens (including phenoxy) is 1. The molecule has 0 saturated heterocycles. The minimum atomic E-state index is -0.275. The van der Waals surface area contributed by atoms with Crippen molar-refractivity contribution in [3.05, 3.63) is 42.5 Å². The fraction of sp³-hybridized carbons (Fsp3) is 0.412. The Morgan fingerprint density at radius 1 is 1.32 bits per heavy atom. The first-order valence-corrected chi connectivity index (χ1v) is 7.45. The summed E-state index contributed by atoms with van der Waals surface area (Å²) in [6.07, 6.45) is 5.36. The molecule has 0 spiro atoms. The number of benzene rings is 1. The van der Waals surface area contributed by atoms with Crippen LogP contribution in [0, 0.1) is 0 Å².